The number of rotatable bonds is 2. The molecule has 3 rings (SSSR count). The second-order valence-electron chi connectivity index (χ2n) is 4.81. The summed E-state index contributed by atoms with van der Waals surface area (Å²) in [7, 11) is 0. The standard InChI is InChI=1S/C13H14N2O4/c16-10-8(6-9-11(10)19-13(18)15-9)12(17)14-7-4-2-1-3-5-7/h1-5,8-11,16H,6H2,(H,14,17)(H,15,18)/t8-,9+,10+,11+/m1/s1. The van der Waals surface area contributed by atoms with E-state index in [0.29, 0.717) is 12.1 Å². The number of amides is 2. The number of ether oxygens (including phenoxy) is 1. The van der Waals surface area contributed by atoms with Gasteiger partial charge in [0.15, 0.2) is 6.10 Å². The van der Waals surface area contributed by atoms with E-state index in [4.69, 9.17) is 4.74 Å². The fourth-order valence-electron chi connectivity index (χ4n) is 2.63. The van der Waals surface area contributed by atoms with E-state index in [1.54, 1.807) is 12.1 Å². The molecule has 1 saturated carbocycles. The Bertz CT molecular complexity index is 505. The first kappa shape index (κ1) is 12.0. The summed E-state index contributed by atoms with van der Waals surface area (Å²) in [6, 6.07) is 8.76. The highest BCUT2D eigenvalue weighted by atomic mass is 16.6. The summed E-state index contributed by atoms with van der Waals surface area (Å²) in [4.78, 5) is 23.1. The van der Waals surface area contributed by atoms with E-state index in [0.717, 1.165) is 0 Å². The average Bonchev–Trinajstić information content (AvgIpc) is 2.89. The van der Waals surface area contributed by atoms with Crippen molar-refractivity contribution < 1.29 is 19.4 Å². The Kier molecular flexibility index (Phi) is 2.87. The Hall–Kier alpha value is -2.08. The number of aliphatic hydroxyl groups excluding tert-OH is 1. The lowest BCUT2D eigenvalue weighted by molar-refractivity contribution is -0.123. The molecule has 1 saturated heterocycles. The molecule has 0 aromatic heterocycles. The number of alkyl carbamates (subject to hydrolysis) is 1. The minimum Gasteiger partial charge on any atom is -0.441 e. The molecule has 0 bridgehead atoms. The summed E-state index contributed by atoms with van der Waals surface area (Å²) in [6.07, 6.45) is -1.74. The fraction of sp³-hybridized carbons (Fsp3) is 0.385. The van der Waals surface area contributed by atoms with Gasteiger partial charge in [-0.3, -0.25) is 4.79 Å². The number of nitrogens with one attached hydrogen (secondary N) is 2. The lowest BCUT2D eigenvalue weighted by Gasteiger charge is -2.17. The third-order valence-electron chi connectivity index (χ3n) is 3.58. The predicted octanol–water partition coefficient (Wildman–Crippen LogP) is 0.483. The normalized spacial score (nSPS) is 32.4. The Morgan fingerprint density at radius 1 is 1.37 bits per heavy atom. The van der Waals surface area contributed by atoms with Gasteiger partial charge < -0.3 is 20.5 Å². The van der Waals surface area contributed by atoms with Crippen LogP contribution in [0.4, 0.5) is 10.5 Å². The first-order chi connectivity index (χ1) is 9.15. The topological polar surface area (TPSA) is 87.7 Å². The van der Waals surface area contributed by atoms with Crippen molar-refractivity contribution in [2.24, 2.45) is 5.92 Å². The Labute approximate surface area is 109 Å². The van der Waals surface area contributed by atoms with E-state index in [1.807, 2.05) is 18.2 Å². The predicted molar refractivity (Wildman–Crippen MR) is 66.4 cm³/mol. The van der Waals surface area contributed by atoms with Crippen LogP contribution in [0.1, 0.15) is 6.42 Å². The molecule has 1 aliphatic heterocycles. The van der Waals surface area contributed by atoms with Crippen LogP contribution in [-0.4, -0.2) is 35.4 Å². The molecule has 0 radical (unpaired) electrons. The summed E-state index contributed by atoms with van der Waals surface area (Å²) in [5, 5.41) is 15.4. The van der Waals surface area contributed by atoms with Gasteiger partial charge >= 0.3 is 6.09 Å². The molecule has 100 valence electrons. The largest absolute Gasteiger partial charge is 0.441 e. The summed E-state index contributed by atoms with van der Waals surface area (Å²) in [5.41, 5.74) is 0.682. The first-order valence-corrected chi connectivity index (χ1v) is 6.16. The highest BCUT2D eigenvalue weighted by Crippen LogP contribution is 2.33. The van der Waals surface area contributed by atoms with Gasteiger partial charge in [0, 0.05) is 5.69 Å². The van der Waals surface area contributed by atoms with Crippen LogP contribution in [0.3, 0.4) is 0 Å². The van der Waals surface area contributed by atoms with Crippen LogP contribution >= 0.6 is 0 Å². The number of fused-ring (bicyclic) bond motifs is 1. The van der Waals surface area contributed by atoms with E-state index in [2.05, 4.69) is 10.6 Å². The van der Waals surface area contributed by atoms with E-state index in [9.17, 15) is 14.7 Å². The van der Waals surface area contributed by atoms with E-state index in [-0.39, 0.29) is 11.9 Å². The van der Waals surface area contributed by atoms with Crippen LogP contribution in [0.25, 0.3) is 0 Å². The lowest BCUT2D eigenvalue weighted by Crippen LogP contribution is -2.35. The highest BCUT2D eigenvalue weighted by molar-refractivity contribution is 5.93. The molecular formula is C13H14N2O4. The number of hydrogen-bond donors (Lipinski definition) is 3. The van der Waals surface area contributed by atoms with Crippen LogP contribution < -0.4 is 10.6 Å². The van der Waals surface area contributed by atoms with E-state index >= 15 is 0 Å². The van der Waals surface area contributed by atoms with E-state index < -0.39 is 24.2 Å². The minimum absolute atomic E-state index is 0.258. The Morgan fingerprint density at radius 3 is 2.79 bits per heavy atom. The zero-order valence-electron chi connectivity index (χ0n) is 10.1. The summed E-state index contributed by atoms with van der Waals surface area (Å²) >= 11 is 0. The smallest absolute Gasteiger partial charge is 0.407 e. The van der Waals surface area contributed by atoms with Crippen molar-refractivity contribution >= 4 is 17.7 Å². The van der Waals surface area contributed by atoms with E-state index in [1.165, 1.54) is 0 Å². The van der Waals surface area contributed by atoms with Gasteiger partial charge in [0.2, 0.25) is 5.91 Å². The molecule has 6 heteroatoms. The molecule has 2 aliphatic rings. The molecule has 0 unspecified atom stereocenters. The quantitative estimate of drug-likeness (QED) is 0.723. The Balaban J connectivity index is 1.67. The second-order valence-corrected chi connectivity index (χ2v) is 4.81. The molecule has 1 aliphatic carbocycles. The van der Waals surface area contributed by atoms with Crippen LogP contribution in [0.5, 0.6) is 0 Å². The molecule has 1 aromatic rings. The van der Waals surface area contributed by atoms with Gasteiger partial charge in [0.25, 0.3) is 0 Å². The van der Waals surface area contributed by atoms with Gasteiger partial charge in [-0.05, 0) is 18.6 Å². The van der Waals surface area contributed by atoms with Crippen molar-refractivity contribution in [2.75, 3.05) is 5.32 Å². The maximum absolute atomic E-state index is 12.1. The van der Waals surface area contributed by atoms with Crippen LogP contribution in [-0.2, 0) is 9.53 Å². The third kappa shape index (κ3) is 2.15. The molecule has 6 nitrogen and oxygen atoms in total. The Morgan fingerprint density at radius 2 is 2.11 bits per heavy atom. The highest BCUT2D eigenvalue weighted by Gasteiger charge is 2.52. The molecule has 1 aromatic carbocycles. The summed E-state index contributed by atoms with van der Waals surface area (Å²) in [6.45, 7) is 0. The van der Waals surface area contributed by atoms with Gasteiger partial charge in [0.05, 0.1) is 12.0 Å². The molecule has 1 heterocycles. The monoisotopic (exact) mass is 262 g/mol. The van der Waals surface area contributed by atoms with Crippen LogP contribution in [0, 0.1) is 5.92 Å². The minimum atomic E-state index is -0.965. The van der Waals surface area contributed by atoms with Gasteiger partial charge in [-0.1, -0.05) is 18.2 Å². The van der Waals surface area contributed by atoms with Crippen molar-refractivity contribution in [2.45, 2.75) is 24.7 Å². The second kappa shape index (κ2) is 4.55. The molecule has 2 fully saturated rings. The van der Waals surface area contributed by atoms with Gasteiger partial charge in [0.1, 0.15) is 6.10 Å². The van der Waals surface area contributed by atoms with Crippen LogP contribution in [0.2, 0.25) is 0 Å². The molecule has 2 amide bonds. The number of carbonyl (C=O) groups is 2. The number of hydrogen-bond acceptors (Lipinski definition) is 4. The molecule has 0 spiro atoms. The lowest BCUT2D eigenvalue weighted by atomic mass is 10.0. The van der Waals surface area contributed by atoms with Gasteiger partial charge in [-0.25, -0.2) is 4.79 Å². The zero-order chi connectivity index (χ0) is 13.4. The van der Waals surface area contributed by atoms with Crippen molar-refractivity contribution in [1.82, 2.24) is 5.32 Å². The molecule has 3 N–H and O–H groups in total. The zero-order valence-corrected chi connectivity index (χ0v) is 10.1. The average molecular weight is 262 g/mol. The number of anilines is 1. The van der Waals surface area contributed by atoms with Gasteiger partial charge in [-0.15, -0.1) is 0 Å². The molecule has 4 atom stereocenters. The number of benzene rings is 1. The van der Waals surface area contributed by atoms with Crippen molar-refractivity contribution in [3.63, 3.8) is 0 Å². The van der Waals surface area contributed by atoms with Crippen molar-refractivity contribution in [3.05, 3.63) is 30.3 Å². The number of carbonyl (C=O) groups excluding carboxylic acids is 2. The maximum atomic E-state index is 12.1. The number of aliphatic hydroxyl groups is 1. The van der Waals surface area contributed by atoms with Crippen molar-refractivity contribution in [1.29, 1.82) is 0 Å². The third-order valence-corrected chi connectivity index (χ3v) is 3.58. The van der Waals surface area contributed by atoms with Crippen LogP contribution in [0.15, 0.2) is 30.3 Å². The fourth-order valence-corrected chi connectivity index (χ4v) is 2.63. The summed E-state index contributed by atoms with van der Waals surface area (Å²) in [5.74, 6) is -0.832. The maximum Gasteiger partial charge on any atom is 0.407 e. The van der Waals surface area contributed by atoms with Crippen molar-refractivity contribution in [3.8, 4) is 0 Å². The SMILES string of the molecule is O=C1N[C@H]2C[C@@H](C(=O)Nc3ccccc3)[C@H](O)[C@H]2O1. The van der Waals surface area contributed by atoms with Gasteiger partial charge in [-0.2, -0.15) is 0 Å². The first-order valence-electron chi connectivity index (χ1n) is 6.16. The summed E-state index contributed by atoms with van der Waals surface area (Å²) < 4.78 is 4.95. The molecular weight excluding hydrogens is 248 g/mol. The molecule has 19 heavy (non-hydrogen) atoms. The number of para-hydroxylation sites is 1.